The lowest BCUT2D eigenvalue weighted by Crippen LogP contribution is -2.40. The van der Waals surface area contributed by atoms with Crippen molar-refractivity contribution < 1.29 is 9.84 Å². The summed E-state index contributed by atoms with van der Waals surface area (Å²) in [7, 11) is 0. The molecular formula is C11H20O2. The molecule has 1 aliphatic rings. The second-order valence-corrected chi connectivity index (χ2v) is 3.95. The smallest absolute Gasteiger partial charge is 0.0728 e. The Morgan fingerprint density at radius 3 is 3.08 bits per heavy atom. The predicted octanol–water partition coefficient (Wildman–Crippen LogP) is 2.27. The zero-order valence-corrected chi connectivity index (χ0v) is 8.46. The van der Waals surface area contributed by atoms with Crippen LogP contribution >= 0.6 is 0 Å². The highest BCUT2D eigenvalue weighted by molar-refractivity contribution is 4.91. The Kier molecular flexibility index (Phi) is 3.94. The van der Waals surface area contributed by atoms with Gasteiger partial charge in [-0.2, -0.15) is 0 Å². The molecule has 2 nitrogen and oxygen atoms in total. The molecule has 0 saturated carbocycles. The highest BCUT2D eigenvalue weighted by Crippen LogP contribution is 2.29. The summed E-state index contributed by atoms with van der Waals surface area (Å²) < 4.78 is 5.57. The van der Waals surface area contributed by atoms with Crippen LogP contribution in [-0.4, -0.2) is 23.4 Å². The molecule has 0 aromatic carbocycles. The first-order valence-electron chi connectivity index (χ1n) is 5.15. The quantitative estimate of drug-likeness (QED) is 0.679. The summed E-state index contributed by atoms with van der Waals surface area (Å²) in [4.78, 5) is 0. The van der Waals surface area contributed by atoms with Crippen LogP contribution in [-0.2, 0) is 4.74 Å². The lowest BCUT2D eigenvalue weighted by Gasteiger charge is -2.36. The van der Waals surface area contributed by atoms with Gasteiger partial charge in [0.1, 0.15) is 0 Å². The first-order chi connectivity index (χ1) is 6.20. The molecule has 0 spiro atoms. The van der Waals surface area contributed by atoms with Crippen LogP contribution in [0.3, 0.4) is 0 Å². The van der Waals surface area contributed by atoms with Gasteiger partial charge in [-0.1, -0.05) is 19.4 Å². The van der Waals surface area contributed by atoms with Gasteiger partial charge in [0.25, 0.3) is 0 Å². The van der Waals surface area contributed by atoms with Crippen molar-refractivity contribution in [3.05, 3.63) is 12.7 Å². The SMILES string of the molecule is C=CCC1(O)CCOC(CCC)C1. The van der Waals surface area contributed by atoms with E-state index in [1.165, 1.54) is 0 Å². The third-order valence-corrected chi connectivity index (χ3v) is 2.66. The normalized spacial score (nSPS) is 34.5. The Hall–Kier alpha value is -0.340. The molecule has 0 aromatic rings. The fourth-order valence-corrected chi connectivity index (χ4v) is 1.96. The maximum absolute atomic E-state index is 10.1. The first-order valence-corrected chi connectivity index (χ1v) is 5.15. The van der Waals surface area contributed by atoms with E-state index in [2.05, 4.69) is 13.5 Å². The van der Waals surface area contributed by atoms with E-state index in [1.807, 2.05) is 0 Å². The molecule has 2 heteroatoms. The number of ether oxygens (including phenoxy) is 1. The van der Waals surface area contributed by atoms with Crippen molar-refractivity contribution >= 4 is 0 Å². The molecule has 13 heavy (non-hydrogen) atoms. The molecule has 1 fully saturated rings. The molecule has 2 unspecified atom stereocenters. The standard InChI is InChI=1S/C11H20O2/c1-3-5-10-9-11(12,6-4-2)7-8-13-10/h4,10,12H,2-3,5-9H2,1H3. The summed E-state index contributed by atoms with van der Waals surface area (Å²) in [6, 6.07) is 0. The lowest BCUT2D eigenvalue weighted by molar-refractivity contribution is -0.103. The highest BCUT2D eigenvalue weighted by Gasteiger charge is 2.33. The summed E-state index contributed by atoms with van der Waals surface area (Å²) in [5, 5.41) is 10.1. The van der Waals surface area contributed by atoms with Crippen molar-refractivity contribution in [2.75, 3.05) is 6.61 Å². The van der Waals surface area contributed by atoms with E-state index in [1.54, 1.807) is 6.08 Å². The fourth-order valence-electron chi connectivity index (χ4n) is 1.96. The van der Waals surface area contributed by atoms with Crippen LogP contribution in [0.25, 0.3) is 0 Å². The number of hydrogen-bond acceptors (Lipinski definition) is 2. The van der Waals surface area contributed by atoms with Crippen molar-refractivity contribution in [3.8, 4) is 0 Å². The lowest BCUT2D eigenvalue weighted by atomic mass is 9.86. The van der Waals surface area contributed by atoms with Crippen molar-refractivity contribution in [1.82, 2.24) is 0 Å². The van der Waals surface area contributed by atoms with Crippen LogP contribution in [0.2, 0.25) is 0 Å². The summed E-state index contributed by atoms with van der Waals surface area (Å²) >= 11 is 0. The summed E-state index contributed by atoms with van der Waals surface area (Å²) in [5.41, 5.74) is -0.542. The van der Waals surface area contributed by atoms with Gasteiger partial charge in [0.05, 0.1) is 11.7 Å². The van der Waals surface area contributed by atoms with E-state index >= 15 is 0 Å². The molecule has 1 aliphatic heterocycles. The van der Waals surface area contributed by atoms with Crippen molar-refractivity contribution in [2.45, 2.75) is 50.7 Å². The van der Waals surface area contributed by atoms with Crippen molar-refractivity contribution in [2.24, 2.45) is 0 Å². The van der Waals surface area contributed by atoms with Gasteiger partial charge in [-0.15, -0.1) is 6.58 Å². The summed E-state index contributed by atoms with van der Waals surface area (Å²) in [6.07, 6.45) is 6.44. The molecule has 1 rings (SSSR count). The average molecular weight is 184 g/mol. The maximum atomic E-state index is 10.1. The van der Waals surface area contributed by atoms with Crippen LogP contribution in [0.5, 0.6) is 0 Å². The number of hydrogen-bond donors (Lipinski definition) is 1. The van der Waals surface area contributed by atoms with Gasteiger partial charge in [-0.05, 0) is 19.3 Å². The van der Waals surface area contributed by atoms with E-state index in [-0.39, 0.29) is 6.10 Å². The van der Waals surface area contributed by atoms with E-state index in [4.69, 9.17) is 4.74 Å². The summed E-state index contributed by atoms with van der Waals surface area (Å²) in [5.74, 6) is 0. The molecule has 0 amide bonds. The van der Waals surface area contributed by atoms with Gasteiger partial charge in [0.2, 0.25) is 0 Å². The fraction of sp³-hybridized carbons (Fsp3) is 0.818. The Balaban J connectivity index is 2.44. The Morgan fingerprint density at radius 2 is 2.46 bits per heavy atom. The Bertz CT molecular complexity index is 165. The van der Waals surface area contributed by atoms with Crippen LogP contribution in [0.4, 0.5) is 0 Å². The van der Waals surface area contributed by atoms with Crippen LogP contribution < -0.4 is 0 Å². The molecule has 0 radical (unpaired) electrons. The van der Waals surface area contributed by atoms with E-state index in [9.17, 15) is 5.11 Å². The molecule has 1 saturated heterocycles. The maximum Gasteiger partial charge on any atom is 0.0728 e. The molecule has 1 heterocycles. The largest absolute Gasteiger partial charge is 0.389 e. The van der Waals surface area contributed by atoms with Gasteiger partial charge in [0, 0.05) is 13.0 Å². The topological polar surface area (TPSA) is 29.5 Å². The average Bonchev–Trinajstić information content (AvgIpc) is 2.04. The highest BCUT2D eigenvalue weighted by atomic mass is 16.5. The number of rotatable bonds is 4. The van der Waals surface area contributed by atoms with Gasteiger partial charge in [-0.3, -0.25) is 0 Å². The third-order valence-electron chi connectivity index (χ3n) is 2.66. The van der Waals surface area contributed by atoms with Gasteiger partial charge in [0.15, 0.2) is 0 Å². The van der Waals surface area contributed by atoms with E-state index in [0.717, 1.165) is 25.7 Å². The van der Waals surface area contributed by atoms with Crippen LogP contribution in [0.15, 0.2) is 12.7 Å². The second-order valence-electron chi connectivity index (χ2n) is 3.95. The van der Waals surface area contributed by atoms with Gasteiger partial charge < -0.3 is 9.84 Å². The minimum absolute atomic E-state index is 0.253. The first kappa shape index (κ1) is 10.7. The predicted molar refractivity (Wildman–Crippen MR) is 53.6 cm³/mol. The van der Waals surface area contributed by atoms with Crippen LogP contribution in [0, 0.1) is 0 Å². The molecule has 2 atom stereocenters. The molecular weight excluding hydrogens is 164 g/mol. The zero-order chi connectivity index (χ0) is 9.73. The minimum Gasteiger partial charge on any atom is -0.389 e. The molecule has 76 valence electrons. The van der Waals surface area contributed by atoms with Gasteiger partial charge >= 0.3 is 0 Å². The molecule has 0 bridgehead atoms. The van der Waals surface area contributed by atoms with Crippen molar-refractivity contribution in [3.63, 3.8) is 0 Å². The molecule has 0 aromatic heterocycles. The zero-order valence-electron chi connectivity index (χ0n) is 8.46. The molecule has 0 aliphatic carbocycles. The monoisotopic (exact) mass is 184 g/mol. The third kappa shape index (κ3) is 3.12. The summed E-state index contributed by atoms with van der Waals surface area (Å²) in [6.45, 7) is 6.50. The second kappa shape index (κ2) is 4.77. The minimum atomic E-state index is -0.542. The van der Waals surface area contributed by atoms with Crippen LogP contribution in [0.1, 0.15) is 39.0 Å². The van der Waals surface area contributed by atoms with Crippen molar-refractivity contribution in [1.29, 1.82) is 0 Å². The Labute approximate surface area is 80.6 Å². The Morgan fingerprint density at radius 1 is 1.69 bits per heavy atom. The molecule has 1 N–H and O–H groups in total. The van der Waals surface area contributed by atoms with Gasteiger partial charge in [-0.25, -0.2) is 0 Å². The van der Waals surface area contributed by atoms with E-state index in [0.29, 0.717) is 13.0 Å². The van der Waals surface area contributed by atoms with E-state index < -0.39 is 5.60 Å². The number of aliphatic hydroxyl groups is 1.